The van der Waals surface area contributed by atoms with Gasteiger partial charge in [-0.3, -0.25) is 9.59 Å². The maximum Gasteiger partial charge on any atom is 0.407 e. The summed E-state index contributed by atoms with van der Waals surface area (Å²) < 4.78 is 5.53. The SMILES string of the molecule is CN1CC(C(=O)O)N(C(=O)C2CC2CNC(=O)OCC2c3ccccc3-c3ccccc32)CC1=O. The van der Waals surface area contributed by atoms with Gasteiger partial charge < -0.3 is 25.0 Å². The molecule has 1 aliphatic heterocycles. The molecular formula is C26H27N3O6. The Kier molecular flexibility index (Phi) is 5.92. The Bertz CT molecular complexity index is 1150. The third kappa shape index (κ3) is 4.34. The van der Waals surface area contributed by atoms with E-state index in [-0.39, 0.29) is 49.9 Å². The van der Waals surface area contributed by atoms with Crippen LogP contribution in [0.15, 0.2) is 48.5 Å². The molecule has 3 atom stereocenters. The highest BCUT2D eigenvalue weighted by molar-refractivity contribution is 5.93. The van der Waals surface area contributed by atoms with E-state index < -0.39 is 24.0 Å². The Morgan fingerprint density at radius 2 is 1.69 bits per heavy atom. The zero-order valence-electron chi connectivity index (χ0n) is 19.3. The first-order valence-electron chi connectivity index (χ1n) is 11.7. The first-order chi connectivity index (χ1) is 16.8. The van der Waals surface area contributed by atoms with Crippen LogP contribution in [0.5, 0.6) is 0 Å². The fourth-order valence-electron chi connectivity index (χ4n) is 5.13. The van der Waals surface area contributed by atoms with Crippen molar-refractivity contribution >= 4 is 23.9 Å². The number of nitrogens with zero attached hydrogens (tertiary/aromatic N) is 2. The van der Waals surface area contributed by atoms with Crippen molar-refractivity contribution in [1.82, 2.24) is 15.1 Å². The van der Waals surface area contributed by atoms with Crippen LogP contribution in [0.4, 0.5) is 4.79 Å². The number of carboxylic acid groups (broad SMARTS) is 1. The number of rotatable bonds is 6. The van der Waals surface area contributed by atoms with Gasteiger partial charge in [-0.1, -0.05) is 48.5 Å². The number of fused-ring (bicyclic) bond motifs is 3. The number of carboxylic acids is 1. The summed E-state index contributed by atoms with van der Waals surface area (Å²) in [5, 5.41) is 12.2. The van der Waals surface area contributed by atoms with E-state index in [2.05, 4.69) is 29.6 Å². The van der Waals surface area contributed by atoms with Gasteiger partial charge in [0, 0.05) is 25.4 Å². The molecular weight excluding hydrogens is 450 g/mol. The third-order valence-corrected chi connectivity index (χ3v) is 7.21. The number of carbonyl (C=O) groups excluding carboxylic acids is 3. The standard InChI is InChI=1S/C26H27N3O6/c1-28-12-22(25(32)33)29(13-23(28)30)24(31)20-10-15(20)11-27-26(34)35-14-21-18-8-4-2-6-16(18)17-7-3-5-9-19(17)21/h2-9,15,20-22H,10-14H2,1H3,(H,27,34)(H,32,33). The van der Waals surface area contributed by atoms with Gasteiger partial charge in [-0.25, -0.2) is 9.59 Å². The second-order valence-electron chi connectivity index (χ2n) is 9.40. The van der Waals surface area contributed by atoms with Gasteiger partial charge in [0.25, 0.3) is 0 Å². The highest BCUT2D eigenvalue weighted by Gasteiger charge is 2.49. The van der Waals surface area contributed by atoms with E-state index in [0.29, 0.717) is 6.42 Å². The molecule has 1 saturated heterocycles. The molecule has 9 heteroatoms. The fourth-order valence-corrected chi connectivity index (χ4v) is 5.13. The van der Waals surface area contributed by atoms with Gasteiger partial charge in [0.2, 0.25) is 11.8 Å². The molecule has 2 aromatic carbocycles. The zero-order valence-corrected chi connectivity index (χ0v) is 19.3. The van der Waals surface area contributed by atoms with Crippen LogP contribution in [0.2, 0.25) is 0 Å². The van der Waals surface area contributed by atoms with Gasteiger partial charge in [-0.05, 0) is 34.6 Å². The maximum atomic E-state index is 12.9. The minimum Gasteiger partial charge on any atom is -0.480 e. The van der Waals surface area contributed by atoms with Crippen LogP contribution >= 0.6 is 0 Å². The summed E-state index contributed by atoms with van der Waals surface area (Å²) in [6.07, 6.45) is -0.0156. The van der Waals surface area contributed by atoms with Crippen LogP contribution in [-0.2, 0) is 19.1 Å². The van der Waals surface area contributed by atoms with Crippen molar-refractivity contribution in [3.8, 4) is 11.1 Å². The molecule has 3 amide bonds. The quantitative estimate of drug-likeness (QED) is 0.657. The Labute approximate surface area is 202 Å². The van der Waals surface area contributed by atoms with Gasteiger partial charge in [0.1, 0.15) is 19.2 Å². The van der Waals surface area contributed by atoms with E-state index in [1.54, 1.807) is 0 Å². The summed E-state index contributed by atoms with van der Waals surface area (Å²) in [5.74, 6) is -2.31. The lowest BCUT2D eigenvalue weighted by Crippen LogP contribution is -2.60. The molecule has 0 radical (unpaired) electrons. The van der Waals surface area contributed by atoms with Gasteiger partial charge in [-0.15, -0.1) is 0 Å². The average molecular weight is 478 g/mol. The second-order valence-corrected chi connectivity index (χ2v) is 9.40. The number of amides is 3. The van der Waals surface area contributed by atoms with Crippen LogP contribution in [0.25, 0.3) is 11.1 Å². The van der Waals surface area contributed by atoms with Gasteiger partial charge in [0.05, 0.1) is 6.54 Å². The van der Waals surface area contributed by atoms with Crippen molar-refractivity contribution in [3.63, 3.8) is 0 Å². The molecule has 2 fully saturated rings. The molecule has 0 aromatic heterocycles. The zero-order chi connectivity index (χ0) is 24.7. The van der Waals surface area contributed by atoms with E-state index >= 15 is 0 Å². The minimum absolute atomic E-state index is 0.0324. The highest BCUT2D eigenvalue weighted by Crippen LogP contribution is 2.44. The van der Waals surface area contributed by atoms with Gasteiger partial charge in [0.15, 0.2) is 0 Å². The van der Waals surface area contributed by atoms with Gasteiger partial charge in [-0.2, -0.15) is 0 Å². The monoisotopic (exact) mass is 477 g/mol. The largest absolute Gasteiger partial charge is 0.480 e. The lowest BCUT2D eigenvalue weighted by molar-refractivity contribution is -0.159. The predicted octanol–water partition coefficient (Wildman–Crippen LogP) is 1.91. The molecule has 0 spiro atoms. The number of carbonyl (C=O) groups is 4. The number of hydrogen-bond donors (Lipinski definition) is 2. The molecule has 3 aliphatic rings. The van der Waals surface area contributed by atoms with E-state index in [9.17, 15) is 24.3 Å². The lowest BCUT2D eigenvalue weighted by Gasteiger charge is -2.37. The molecule has 3 unspecified atom stereocenters. The Balaban J connectivity index is 1.13. The van der Waals surface area contributed by atoms with Crippen LogP contribution in [0.1, 0.15) is 23.5 Å². The molecule has 2 aromatic rings. The number of aliphatic carboxylic acids is 1. The summed E-state index contributed by atoms with van der Waals surface area (Å²) >= 11 is 0. The molecule has 1 saturated carbocycles. The third-order valence-electron chi connectivity index (χ3n) is 7.21. The lowest BCUT2D eigenvalue weighted by atomic mass is 9.98. The van der Waals surface area contributed by atoms with Crippen LogP contribution in [0, 0.1) is 11.8 Å². The van der Waals surface area contributed by atoms with Crippen molar-refractivity contribution in [3.05, 3.63) is 59.7 Å². The molecule has 0 bridgehead atoms. The van der Waals surface area contributed by atoms with Crippen LogP contribution in [-0.4, -0.2) is 78.1 Å². The number of ether oxygens (including phenoxy) is 1. The Morgan fingerprint density at radius 3 is 2.31 bits per heavy atom. The van der Waals surface area contributed by atoms with E-state index in [1.807, 2.05) is 24.3 Å². The van der Waals surface area contributed by atoms with Crippen molar-refractivity contribution in [1.29, 1.82) is 0 Å². The molecule has 1 heterocycles. The Morgan fingerprint density at radius 1 is 1.06 bits per heavy atom. The molecule has 9 nitrogen and oxygen atoms in total. The summed E-state index contributed by atoms with van der Waals surface area (Å²) in [7, 11) is 1.53. The first-order valence-corrected chi connectivity index (χ1v) is 11.7. The molecule has 5 rings (SSSR count). The smallest absolute Gasteiger partial charge is 0.407 e. The molecule has 2 N–H and O–H groups in total. The summed E-state index contributed by atoms with van der Waals surface area (Å²) in [6.45, 7) is 0.188. The van der Waals surface area contributed by atoms with Crippen molar-refractivity contribution < 1.29 is 29.0 Å². The number of benzene rings is 2. The van der Waals surface area contributed by atoms with Crippen molar-refractivity contribution in [2.45, 2.75) is 18.4 Å². The normalized spacial score (nSPS) is 22.9. The highest BCUT2D eigenvalue weighted by atomic mass is 16.5. The van der Waals surface area contributed by atoms with Crippen LogP contribution in [0.3, 0.4) is 0 Å². The number of hydrogen-bond acceptors (Lipinski definition) is 5. The first kappa shape index (κ1) is 22.9. The van der Waals surface area contributed by atoms with Crippen molar-refractivity contribution in [2.24, 2.45) is 11.8 Å². The minimum atomic E-state index is -1.13. The fraction of sp³-hybridized carbons (Fsp3) is 0.385. The number of piperazine rings is 1. The molecule has 182 valence electrons. The maximum absolute atomic E-state index is 12.9. The average Bonchev–Trinajstić information content (AvgIpc) is 3.57. The van der Waals surface area contributed by atoms with E-state index in [0.717, 1.165) is 27.2 Å². The summed E-state index contributed by atoms with van der Waals surface area (Å²) in [6, 6.07) is 15.1. The van der Waals surface area contributed by atoms with Gasteiger partial charge >= 0.3 is 12.1 Å². The number of nitrogens with one attached hydrogen (secondary N) is 1. The topological polar surface area (TPSA) is 116 Å². The van der Waals surface area contributed by atoms with Crippen LogP contribution < -0.4 is 5.32 Å². The predicted molar refractivity (Wildman–Crippen MR) is 125 cm³/mol. The molecule has 2 aliphatic carbocycles. The number of likely N-dealkylation sites (N-methyl/N-ethyl adjacent to an activating group) is 1. The summed E-state index contributed by atoms with van der Waals surface area (Å²) in [4.78, 5) is 51.3. The number of alkyl carbamates (subject to hydrolysis) is 1. The van der Waals surface area contributed by atoms with Crippen molar-refractivity contribution in [2.75, 3.05) is 33.3 Å². The Hall–Kier alpha value is -3.88. The second kappa shape index (κ2) is 9.05. The van der Waals surface area contributed by atoms with E-state index in [1.165, 1.54) is 11.9 Å². The molecule has 35 heavy (non-hydrogen) atoms. The summed E-state index contributed by atoms with van der Waals surface area (Å²) in [5.41, 5.74) is 4.56. The van der Waals surface area contributed by atoms with E-state index in [4.69, 9.17) is 4.74 Å².